The second-order valence-electron chi connectivity index (χ2n) is 4.96. The molecule has 2 rings (SSSR count). The van der Waals surface area contributed by atoms with Crippen LogP contribution < -0.4 is 16.0 Å². The molecule has 0 bridgehead atoms. The lowest BCUT2D eigenvalue weighted by atomic mass is 10.1. The number of aromatic amines is 1. The van der Waals surface area contributed by atoms with Crippen molar-refractivity contribution in [2.24, 2.45) is 5.73 Å². The maximum absolute atomic E-state index is 11.5. The van der Waals surface area contributed by atoms with E-state index in [0.717, 1.165) is 11.3 Å². The second-order valence-corrected chi connectivity index (χ2v) is 4.96. The summed E-state index contributed by atoms with van der Waals surface area (Å²) in [6, 6.07) is 7.07. The van der Waals surface area contributed by atoms with Gasteiger partial charge in [0, 0.05) is 12.1 Å². The molecule has 0 radical (unpaired) electrons. The molecule has 0 fully saturated rings. The summed E-state index contributed by atoms with van der Waals surface area (Å²) >= 11 is 0. The van der Waals surface area contributed by atoms with Gasteiger partial charge in [-0.05, 0) is 32.4 Å². The summed E-state index contributed by atoms with van der Waals surface area (Å²) in [7, 11) is 0. The van der Waals surface area contributed by atoms with Crippen molar-refractivity contribution in [1.82, 2.24) is 9.97 Å². The zero-order valence-corrected chi connectivity index (χ0v) is 11.9. The molecule has 5 nitrogen and oxygen atoms in total. The first-order valence-electron chi connectivity index (χ1n) is 6.51. The van der Waals surface area contributed by atoms with Crippen molar-refractivity contribution in [2.45, 2.75) is 33.4 Å². The van der Waals surface area contributed by atoms with Crippen molar-refractivity contribution in [2.75, 3.05) is 0 Å². The lowest BCUT2D eigenvalue weighted by Crippen LogP contribution is -2.18. The predicted octanol–water partition coefficient (Wildman–Crippen LogP) is 1.99. The first-order valence-corrected chi connectivity index (χ1v) is 6.51. The minimum absolute atomic E-state index is 0.208. The molecule has 106 valence electrons. The normalized spacial score (nSPS) is 12.2. The van der Waals surface area contributed by atoms with Gasteiger partial charge in [0.1, 0.15) is 18.2 Å². The summed E-state index contributed by atoms with van der Waals surface area (Å²) in [5.41, 5.74) is 8.32. The summed E-state index contributed by atoms with van der Waals surface area (Å²) in [5, 5.41) is 0. The van der Waals surface area contributed by atoms with Gasteiger partial charge < -0.3 is 15.5 Å². The van der Waals surface area contributed by atoms with Crippen molar-refractivity contribution in [1.29, 1.82) is 0 Å². The average Bonchev–Trinajstić information content (AvgIpc) is 2.37. The van der Waals surface area contributed by atoms with E-state index >= 15 is 0 Å². The van der Waals surface area contributed by atoms with E-state index in [1.165, 1.54) is 11.6 Å². The molecule has 1 atom stereocenters. The topological polar surface area (TPSA) is 81.0 Å². The molecule has 0 amide bonds. The number of nitrogens with zero attached hydrogens (tertiary/aromatic N) is 1. The SMILES string of the molecule is Cc1ccc(OCc2nc(C(C)N)cc(=O)[nH]2)c(C)c1. The van der Waals surface area contributed by atoms with Crippen LogP contribution >= 0.6 is 0 Å². The fraction of sp³-hybridized carbons (Fsp3) is 0.333. The Balaban J connectivity index is 2.16. The molecule has 1 aromatic carbocycles. The highest BCUT2D eigenvalue weighted by atomic mass is 16.5. The van der Waals surface area contributed by atoms with E-state index < -0.39 is 0 Å². The van der Waals surface area contributed by atoms with Gasteiger partial charge >= 0.3 is 0 Å². The number of nitrogens with two attached hydrogens (primary N) is 1. The third-order valence-corrected chi connectivity index (χ3v) is 2.97. The van der Waals surface area contributed by atoms with Gasteiger partial charge in [0.25, 0.3) is 5.56 Å². The number of ether oxygens (including phenoxy) is 1. The minimum atomic E-state index is -0.280. The molecule has 20 heavy (non-hydrogen) atoms. The van der Waals surface area contributed by atoms with Crippen LogP contribution in [0.15, 0.2) is 29.1 Å². The number of benzene rings is 1. The molecule has 0 aliphatic heterocycles. The van der Waals surface area contributed by atoms with Gasteiger partial charge in [-0.1, -0.05) is 17.7 Å². The second kappa shape index (κ2) is 5.88. The van der Waals surface area contributed by atoms with Crippen LogP contribution in [0, 0.1) is 13.8 Å². The van der Waals surface area contributed by atoms with Gasteiger partial charge in [0.2, 0.25) is 0 Å². The van der Waals surface area contributed by atoms with Crippen molar-refractivity contribution >= 4 is 0 Å². The number of aromatic nitrogens is 2. The molecule has 0 aliphatic rings. The number of hydrogen-bond donors (Lipinski definition) is 2. The van der Waals surface area contributed by atoms with Gasteiger partial charge in [-0.15, -0.1) is 0 Å². The Bertz CT molecular complexity index is 662. The zero-order chi connectivity index (χ0) is 14.7. The Morgan fingerprint density at radius 3 is 2.75 bits per heavy atom. The molecule has 1 unspecified atom stereocenters. The monoisotopic (exact) mass is 273 g/mol. The number of H-pyrrole nitrogens is 1. The van der Waals surface area contributed by atoms with Crippen LogP contribution in [0.1, 0.15) is 35.6 Å². The molecule has 1 aromatic heterocycles. The first-order chi connectivity index (χ1) is 9.45. The first kappa shape index (κ1) is 14.3. The highest BCUT2D eigenvalue weighted by Crippen LogP contribution is 2.19. The van der Waals surface area contributed by atoms with Crippen LogP contribution in [0.4, 0.5) is 0 Å². The maximum Gasteiger partial charge on any atom is 0.251 e. The van der Waals surface area contributed by atoms with Crippen LogP contribution in [-0.4, -0.2) is 9.97 Å². The highest BCUT2D eigenvalue weighted by molar-refractivity contribution is 5.35. The van der Waals surface area contributed by atoms with Crippen LogP contribution in [0.25, 0.3) is 0 Å². The number of aryl methyl sites for hydroxylation is 2. The van der Waals surface area contributed by atoms with E-state index in [0.29, 0.717) is 11.5 Å². The Hall–Kier alpha value is -2.14. The predicted molar refractivity (Wildman–Crippen MR) is 77.7 cm³/mol. The lowest BCUT2D eigenvalue weighted by molar-refractivity contribution is 0.292. The van der Waals surface area contributed by atoms with Crippen LogP contribution in [0.2, 0.25) is 0 Å². The zero-order valence-electron chi connectivity index (χ0n) is 11.9. The van der Waals surface area contributed by atoms with Crippen molar-refractivity contribution in [3.63, 3.8) is 0 Å². The maximum atomic E-state index is 11.5. The average molecular weight is 273 g/mol. The van der Waals surface area contributed by atoms with Crippen molar-refractivity contribution in [3.05, 3.63) is 57.3 Å². The Kier molecular flexibility index (Phi) is 4.20. The summed E-state index contributed by atoms with van der Waals surface area (Å²) < 4.78 is 5.69. The molecule has 0 saturated carbocycles. The Labute approximate surface area is 117 Å². The van der Waals surface area contributed by atoms with Crippen molar-refractivity contribution < 1.29 is 4.74 Å². The Morgan fingerprint density at radius 2 is 2.10 bits per heavy atom. The van der Waals surface area contributed by atoms with E-state index in [1.807, 2.05) is 32.0 Å². The van der Waals surface area contributed by atoms with E-state index in [-0.39, 0.29) is 18.2 Å². The minimum Gasteiger partial charge on any atom is -0.485 e. The van der Waals surface area contributed by atoms with E-state index in [9.17, 15) is 4.79 Å². The molecule has 0 spiro atoms. The van der Waals surface area contributed by atoms with Crippen LogP contribution in [0.5, 0.6) is 5.75 Å². The lowest BCUT2D eigenvalue weighted by Gasteiger charge is -2.10. The Morgan fingerprint density at radius 1 is 1.35 bits per heavy atom. The molecular weight excluding hydrogens is 254 g/mol. The standard InChI is InChI=1S/C15H19N3O2/c1-9-4-5-13(10(2)6-9)20-8-14-17-12(11(3)16)7-15(19)18-14/h4-7,11H,8,16H2,1-3H3,(H,17,18,19). The highest BCUT2D eigenvalue weighted by Gasteiger charge is 2.07. The van der Waals surface area contributed by atoms with Crippen molar-refractivity contribution in [3.8, 4) is 5.75 Å². The summed E-state index contributed by atoms with van der Waals surface area (Å²) in [6.45, 7) is 6.01. The quantitative estimate of drug-likeness (QED) is 0.892. The van der Waals surface area contributed by atoms with E-state index in [2.05, 4.69) is 9.97 Å². The largest absolute Gasteiger partial charge is 0.485 e. The molecule has 5 heteroatoms. The molecule has 0 aliphatic carbocycles. The van der Waals surface area contributed by atoms with Gasteiger partial charge in [0.15, 0.2) is 0 Å². The fourth-order valence-corrected chi connectivity index (χ4v) is 1.94. The molecule has 2 aromatic rings. The van der Waals surface area contributed by atoms with Crippen LogP contribution in [-0.2, 0) is 6.61 Å². The summed E-state index contributed by atoms with van der Waals surface area (Å²) in [6.07, 6.45) is 0. The van der Waals surface area contributed by atoms with E-state index in [1.54, 1.807) is 6.92 Å². The third-order valence-electron chi connectivity index (χ3n) is 2.97. The number of hydrogen-bond acceptors (Lipinski definition) is 4. The van der Waals surface area contributed by atoms with Gasteiger partial charge in [-0.25, -0.2) is 4.98 Å². The summed E-state index contributed by atoms with van der Waals surface area (Å²) in [5.74, 6) is 1.26. The molecule has 1 heterocycles. The smallest absolute Gasteiger partial charge is 0.251 e. The van der Waals surface area contributed by atoms with Gasteiger partial charge in [-0.3, -0.25) is 4.79 Å². The summed E-state index contributed by atoms with van der Waals surface area (Å²) in [4.78, 5) is 18.5. The van der Waals surface area contributed by atoms with E-state index in [4.69, 9.17) is 10.5 Å². The molecular formula is C15H19N3O2. The third kappa shape index (κ3) is 3.45. The fourth-order valence-electron chi connectivity index (χ4n) is 1.94. The molecule has 3 N–H and O–H groups in total. The number of nitrogens with one attached hydrogen (secondary N) is 1. The van der Waals surface area contributed by atoms with Gasteiger partial charge in [-0.2, -0.15) is 0 Å². The van der Waals surface area contributed by atoms with Gasteiger partial charge in [0.05, 0.1) is 5.69 Å². The van der Waals surface area contributed by atoms with Crippen LogP contribution in [0.3, 0.4) is 0 Å². The molecule has 0 saturated heterocycles. The number of rotatable bonds is 4.